The number of benzene rings is 2. The predicted molar refractivity (Wildman–Crippen MR) is 101 cm³/mol. The van der Waals surface area contributed by atoms with Crippen molar-refractivity contribution in [3.8, 4) is 0 Å². The SMILES string of the molecule is COC(=O)c1ccccc1C1=CC2COCC(C1)N2Cc1ccccc1. The molecule has 2 aliphatic rings. The normalized spacial score (nSPS) is 22.6. The van der Waals surface area contributed by atoms with Gasteiger partial charge in [-0.3, -0.25) is 4.90 Å². The van der Waals surface area contributed by atoms with E-state index in [4.69, 9.17) is 9.47 Å². The third kappa shape index (κ3) is 3.30. The minimum atomic E-state index is -0.283. The summed E-state index contributed by atoms with van der Waals surface area (Å²) in [4.78, 5) is 14.7. The molecule has 2 heterocycles. The lowest BCUT2D eigenvalue weighted by Crippen LogP contribution is -2.53. The summed E-state index contributed by atoms with van der Waals surface area (Å²) in [5.41, 5.74) is 4.15. The summed E-state index contributed by atoms with van der Waals surface area (Å²) >= 11 is 0. The first-order valence-corrected chi connectivity index (χ1v) is 9.02. The molecular formula is C22H23NO3. The van der Waals surface area contributed by atoms with Crippen LogP contribution in [0.2, 0.25) is 0 Å². The number of methoxy groups -OCH3 is 1. The predicted octanol–water partition coefficient (Wildman–Crippen LogP) is 3.53. The maximum Gasteiger partial charge on any atom is 0.338 e. The number of rotatable bonds is 4. The van der Waals surface area contributed by atoms with Gasteiger partial charge in [0.25, 0.3) is 0 Å². The molecule has 26 heavy (non-hydrogen) atoms. The molecule has 4 rings (SSSR count). The molecule has 0 amide bonds. The second kappa shape index (κ2) is 7.44. The summed E-state index contributed by atoms with van der Waals surface area (Å²) in [5.74, 6) is -0.283. The number of fused-ring (bicyclic) bond motifs is 2. The zero-order valence-corrected chi connectivity index (χ0v) is 14.9. The van der Waals surface area contributed by atoms with Gasteiger partial charge in [-0.25, -0.2) is 4.79 Å². The third-order valence-corrected chi connectivity index (χ3v) is 5.23. The maximum atomic E-state index is 12.1. The Hall–Kier alpha value is -2.43. The van der Waals surface area contributed by atoms with E-state index in [1.165, 1.54) is 18.2 Å². The number of morpholine rings is 1. The van der Waals surface area contributed by atoms with E-state index in [0.29, 0.717) is 18.2 Å². The van der Waals surface area contributed by atoms with E-state index < -0.39 is 0 Å². The highest BCUT2D eigenvalue weighted by atomic mass is 16.5. The van der Waals surface area contributed by atoms with Crippen LogP contribution in [0.15, 0.2) is 60.7 Å². The minimum Gasteiger partial charge on any atom is -0.465 e. The molecule has 2 atom stereocenters. The Morgan fingerprint density at radius 1 is 1.12 bits per heavy atom. The van der Waals surface area contributed by atoms with Crippen molar-refractivity contribution < 1.29 is 14.3 Å². The molecule has 1 fully saturated rings. The molecular weight excluding hydrogens is 326 g/mol. The molecule has 2 unspecified atom stereocenters. The van der Waals surface area contributed by atoms with Gasteiger partial charge in [0, 0.05) is 12.6 Å². The van der Waals surface area contributed by atoms with Crippen molar-refractivity contribution in [1.29, 1.82) is 0 Å². The summed E-state index contributed by atoms with van der Waals surface area (Å²) in [6.07, 6.45) is 3.14. The van der Waals surface area contributed by atoms with Crippen molar-refractivity contribution in [2.75, 3.05) is 20.3 Å². The molecule has 134 valence electrons. The van der Waals surface area contributed by atoms with Gasteiger partial charge in [0.15, 0.2) is 0 Å². The fraction of sp³-hybridized carbons (Fsp3) is 0.318. The molecule has 0 saturated carbocycles. The lowest BCUT2D eigenvalue weighted by molar-refractivity contribution is -0.0402. The van der Waals surface area contributed by atoms with E-state index in [-0.39, 0.29) is 12.0 Å². The van der Waals surface area contributed by atoms with Crippen molar-refractivity contribution in [1.82, 2.24) is 4.90 Å². The molecule has 2 aromatic rings. The van der Waals surface area contributed by atoms with E-state index in [1.807, 2.05) is 30.3 Å². The monoisotopic (exact) mass is 349 g/mol. The average molecular weight is 349 g/mol. The molecule has 4 heteroatoms. The summed E-state index contributed by atoms with van der Waals surface area (Å²) in [6, 6.07) is 18.8. The number of carbonyl (C=O) groups excluding carboxylic acids is 1. The summed E-state index contributed by atoms with van der Waals surface area (Å²) in [5, 5.41) is 0. The van der Waals surface area contributed by atoms with Crippen LogP contribution in [0, 0.1) is 0 Å². The Morgan fingerprint density at radius 2 is 1.88 bits per heavy atom. The standard InChI is InChI=1S/C22H23NO3/c1-25-22(24)21-10-6-5-9-20(21)17-11-18-14-26-15-19(12-17)23(18)13-16-7-3-2-4-8-16/h2-11,18-19H,12-15H2,1H3. The molecule has 1 saturated heterocycles. The van der Waals surface area contributed by atoms with Gasteiger partial charge in [-0.05, 0) is 29.2 Å². The van der Waals surface area contributed by atoms with Crippen LogP contribution in [0.5, 0.6) is 0 Å². The van der Waals surface area contributed by atoms with Crippen LogP contribution < -0.4 is 0 Å². The van der Waals surface area contributed by atoms with Gasteiger partial charge in [-0.2, -0.15) is 0 Å². The highest BCUT2D eigenvalue weighted by Crippen LogP contribution is 2.35. The molecule has 0 N–H and O–H groups in total. The Kier molecular flexibility index (Phi) is 4.87. The van der Waals surface area contributed by atoms with Crippen molar-refractivity contribution in [3.63, 3.8) is 0 Å². The average Bonchev–Trinajstić information content (AvgIpc) is 2.68. The summed E-state index contributed by atoms with van der Waals surface area (Å²) < 4.78 is 10.8. The molecule has 2 aliphatic heterocycles. The first kappa shape index (κ1) is 17.0. The van der Waals surface area contributed by atoms with Gasteiger partial charge < -0.3 is 9.47 Å². The highest BCUT2D eigenvalue weighted by molar-refractivity contribution is 5.95. The van der Waals surface area contributed by atoms with E-state index in [2.05, 4.69) is 35.2 Å². The third-order valence-electron chi connectivity index (χ3n) is 5.23. The zero-order chi connectivity index (χ0) is 17.9. The van der Waals surface area contributed by atoms with Crippen LogP contribution in [0.1, 0.15) is 27.9 Å². The topological polar surface area (TPSA) is 38.8 Å². The minimum absolute atomic E-state index is 0.225. The van der Waals surface area contributed by atoms with Gasteiger partial charge in [0.05, 0.1) is 31.9 Å². The van der Waals surface area contributed by atoms with Crippen molar-refractivity contribution >= 4 is 11.5 Å². The van der Waals surface area contributed by atoms with E-state index in [9.17, 15) is 4.79 Å². The Labute approximate surface area is 154 Å². The largest absolute Gasteiger partial charge is 0.465 e. The maximum absolute atomic E-state index is 12.1. The number of hydrogen-bond acceptors (Lipinski definition) is 4. The molecule has 0 aromatic heterocycles. The van der Waals surface area contributed by atoms with Gasteiger partial charge >= 0.3 is 5.97 Å². The molecule has 2 aromatic carbocycles. The smallest absolute Gasteiger partial charge is 0.338 e. The van der Waals surface area contributed by atoms with Gasteiger partial charge in [-0.1, -0.05) is 54.6 Å². The Morgan fingerprint density at radius 3 is 2.65 bits per heavy atom. The molecule has 2 bridgehead atoms. The van der Waals surface area contributed by atoms with Crippen LogP contribution >= 0.6 is 0 Å². The van der Waals surface area contributed by atoms with Crippen LogP contribution in [0.25, 0.3) is 5.57 Å². The number of nitrogens with zero attached hydrogens (tertiary/aromatic N) is 1. The molecule has 0 aliphatic carbocycles. The fourth-order valence-corrected chi connectivity index (χ4v) is 3.95. The van der Waals surface area contributed by atoms with E-state index >= 15 is 0 Å². The van der Waals surface area contributed by atoms with Crippen LogP contribution in [0.4, 0.5) is 0 Å². The summed E-state index contributed by atoms with van der Waals surface area (Å²) in [6.45, 7) is 2.33. The van der Waals surface area contributed by atoms with Crippen LogP contribution in [-0.4, -0.2) is 43.3 Å². The fourth-order valence-electron chi connectivity index (χ4n) is 3.95. The van der Waals surface area contributed by atoms with E-state index in [1.54, 1.807) is 0 Å². The molecule has 4 nitrogen and oxygen atoms in total. The molecule has 0 radical (unpaired) electrons. The van der Waals surface area contributed by atoms with Crippen LogP contribution in [0.3, 0.4) is 0 Å². The second-order valence-corrected chi connectivity index (χ2v) is 6.85. The number of ether oxygens (including phenoxy) is 2. The second-order valence-electron chi connectivity index (χ2n) is 6.85. The van der Waals surface area contributed by atoms with Crippen molar-refractivity contribution in [2.45, 2.75) is 25.0 Å². The quantitative estimate of drug-likeness (QED) is 0.792. The van der Waals surface area contributed by atoms with Crippen molar-refractivity contribution in [2.24, 2.45) is 0 Å². The van der Waals surface area contributed by atoms with Gasteiger partial charge in [-0.15, -0.1) is 0 Å². The number of carbonyl (C=O) groups is 1. The first-order valence-electron chi connectivity index (χ1n) is 9.02. The Balaban J connectivity index is 1.64. The zero-order valence-electron chi connectivity index (χ0n) is 14.9. The first-order chi connectivity index (χ1) is 12.8. The molecule has 0 spiro atoms. The van der Waals surface area contributed by atoms with Crippen molar-refractivity contribution in [3.05, 3.63) is 77.4 Å². The lowest BCUT2D eigenvalue weighted by atomic mass is 9.87. The van der Waals surface area contributed by atoms with Gasteiger partial charge in [0.1, 0.15) is 0 Å². The number of esters is 1. The lowest BCUT2D eigenvalue weighted by Gasteiger charge is -2.45. The number of hydrogen-bond donors (Lipinski definition) is 0. The van der Waals surface area contributed by atoms with Crippen LogP contribution in [-0.2, 0) is 16.0 Å². The Bertz CT molecular complexity index is 815. The van der Waals surface area contributed by atoms with Gasteiger partial charge in [0.2, 0.25) is 0 Å². The highest BCUT2D eigenvalue weighted by Gasteiger charge is 2.35. The summed E-state index contributed by atoms with van der Waals surface area (Å²) in [7, 11) is 1.43. The van der Waals surface area contributed by atoms with E-state index in [0.717, 1.165) is 25.1 Å².